The van der Waals surface area contributed by atoms with Crippen LogP contribution in [-0.2, 0) is 33.3 Å². The second-order valence-corrected chi connectivity index (χ2v) is 11.8. The van der Waals surface area contributed by atoms with Gasteiger partial charge in [0.2, 0.25) is 0 Å². The Morgan fingerprint density at radius 2 is 1.72 bits per heavy atom. The van der Waals surface area contributed by atoms with Gasteiger partial charge in [-0.2, -0.15) is 0 Å². The summed E-state index contributed by atoms with van der Waals surface area (Å²) in [5.74, 6) is -2.03. The number of hydrogen-bond donors (Lipinski definition) is 2. The van der Waals surface area contributed by atoms with Crippen LogP contribution < -0.4 is 10.5 Å². The number of thioether (sulfide) groups is 1. The average molecular weight is 711 g/mol. The molecule has 1 saturated heterocycles. The molecule has 0 bridgehead atoms. The summed E-state index contributed by atoms with van der Waals surface area (Å²) >= 11 is 1.09. The molecule has 1 unspecified atom stereocenters. The van der Waals surface area contributed by atoms with Crippen molar-refractivity contribution in [1.29, 1.82) is 0 Å². The van der Waals surface area contributed by atoms with Crippen LogP contribution in [0.15, 0.2) is 60.3 Å². The molecule has 4 heterocycles. The Bertz CT molecular complexity index is 1820. The molecule has 5 rings (SSSR count). The van der Waals surface area contributed by atoms with E-state index in [0.29, 0.717) is 11.3 Å². The van der Waals surface area contributed by atoms with Gasteiger partial charge in [0.25, 0.3) is 0 Å². The molecule has 0 spiro atoms. The molecule has 3 aromatic heterocycles. The van der Waals surface area contributed by atoms with Crippen molar-refractivity contribution in [2.45, 2.75) is 56.6 Å². The number of fused-ring (bicyclic) bond motifs is 1. The Morgan fingerprint density at radius 3 is 2.40 bits per heavy atom. The summed E-state index contributed by atoms with van der Waals surface area (Å²) in [7, 11) is 0. The molecule has 5 atom stereocenters. The van der Waals surface area contributed by atoms with Crippen LogP contribution in [0, 0.1) is 0 Å². The molecule has 264 valence electrons. The third kappa shape index (κ3) is 8.63. The Balaban J connectivity index is 1.37. The van der Waals surface area contributed by atoms with Gasteiger partial charge in [0.1, 0.15) is 31.4 Å². The first-order valence-corrected chi connectivity index (χ1v) is 16.3. The van der Waals surface area contributed by atoms with Crippen LogP contribution >= 0.6 is 11.8 Å². The Labute approximate surface area is 289 Å². The van der Waals surface area contributed by atoms with Crippen LogP contribution in [0.2, 0.25) is 0 Å². The lowest BCUT2D eigenvalue weighted by Crippen LogP contribution is -2.40. The third-order valence-corrected chi connectivity index (χ3v) is 8.20. The molecule has 0 aliphatic carbocycles. The van der Waals surface area contributed by atoms with Gasteiger partial charge in [0, 0.05) is 32.0 Å². The Hall–Kier alpha value is -5.33. The van der Waals surface area contributed by atoms with Crippen LogP contribution in [0.1, 0.15) is 47.7 Å². The van der Waals surface area contributed by atoms with Crippen molar-refractivity contribution in [1.82, 2.24) is 24.5 Å². The van der Waals surface area contributed by atoms with E-state index in [1.807, 2.05) is 0 Å². The van der Waals surface area contributed by atoms with Crippen molar-refractivity contribution in [2.24, 2.45) is 0 Å². The van der Waals surface area contributed by atoms with Gasteiger partial charge in [-0.3, -0.25) is 19.1 Å². The maximum atomic E-state index is 12.7. The van der Waals surface area contributed by atoms with Crippen LogP contribution in [0.5, 0.6) is 5.75 Å². The number of carbonyl (C=O) groups is 4. The van der Waals surface area contributed by atoms with Crippen molar-refractivity contribution < 1.29 is 52.7 Å². The number of aromatic nitrogens is 5. The third-order valence-electron chi connectivity index (χ3n) is 7.11. The number of hydrogen-bond acceptors (Lipinski definition) is 17. The fourth-order valence-corrected chi connectivity index (χ4v) is 5.90. The zero-order chi connectivity index (χ0) is 35.8. The maximum absolute atomic E-state index is 12.7. The molecule has 3 N–H and O–H groups in total. The monoisotopic (exact) mass is 710 g/mol. The van der Waals surface area contributed by atoms with E-state index in [4.69, 9.17) is 34.2 Å². The fourth-order valence-electron chi connectivity index (χ4n) is 4.98. The number of rotatable bonds is 14. The summed E-state index contributed by atoms with van der Waals surface area (Å²) in [4.78, 5) is 66.0. The van der Waals surface area contributed by atoms with Gasteiger partial charge in [-0.05, 0) is 43.3 Å². The highest BCUT2D eigenvalue weighted by molar-refractivity contribution is 7.99. The average Bonchev–Trinajstić information content (AvgIpc) is 3.63. The van der Waals surface area contributed by atoms with E-state index in [-0.39, 0.29) is 53.3 Å². The van der Waals surface area contributed by atoms with Crippen LogP contribution in [0.4, 0.5) is 5.82 Å². The molecule has 0 radical (unpaired) electrons. The quantitative estimate of drug-likeness (QED) is 0.109. The van der Waals surface area contributed by atoms with Gasteiger partial charge in [-0.15, -0.1) is 0 Å². The number of nitrogens with zero attached hydrogens (tertiary/aromatic N) is 5. The summed E-state index contributed by atoms with van der Waals surface area (Å²) in [5.41, 5.74) is 7.08. The van der Waals surface area contributed by atoms with Gasteiger partial charge >= 0.3 is 23.9 Å². The smallest absolute Gasteiger partial charge is 0.339 e. The van der Waals surface area contributed by atoms with E-state index in [0.717, 1.165) is 11.8 Å². The minimum Gasteiger partial charge on any atom is -0.491 e. The molecule has 0 saturated carbocycles. The topological polar surface area (TPSA) is 226 Å². The number of imidazole rings is 1. The molecule has 50 heavy (non-hydrogen) atoms. The number of nitrogens with two attached hydrogens (primary N) is 1. The van der Waals surface area contributed by atoms with Crippen LogP contribution in [0.25, 0.3) is 11.2 Å². The zero-order valence-electron chi connectivity index (χ0n) is 27.2. The van der Waals surface area contributed by atoms with E-state index in [1.54, 1.807) is 37.3 Å². The number of carbonyl (C=O) groups excluding carboxylic acids is 4. The highest BCUT2D eigenvalue weighted by Gasteiger charge is 2.52. The Morgan fingerprint density at radius 1 is 1.00 bits per heavy atom. The zero-order valence-corrected chi connectivity index (χ0v) is 28.0. The lowest BCUT2D eigenvalue weighted by atomic mass is 10.1. The molecule has 0 amide bonds. The molecule has 1 fully saturated rings. The van der Waals surface area contributed by atoms with Crippen molar-refractivity contribution in [2.75, 3.05) is 31.3 Å². The minimum absolute atomic E-state index is 0.0475. The van der Waals surface area contributed by atoms with E-state index in [2.05, 4.69) is 19.9 Å². The lowest BCUT2D eigenvalue weighted by molar-refractivity contribution is -0.165. The summed E-state index contributed by atoms with van der Waals surface area (Å²) < 4.78 is 35.2. The normalized spacial score (nSPS) is 19.0. The number of anilines is 1. The van der Waals surface area contributed by atoms with Crippen LogP contribution in [0.3, 0.4) is 0 Å². The largest absolute Gasteiger partial charge is 0.491 e. The molecule has 1 aliphatic rings. The van der Waals surface area contributed by atoms with Gasteiger partial charge in [0.15, 0.2) is 40.6 Å². The number of esters is 4. The first-order chi connectivity index (χ1) is 24.0. The molecule has 17 nitrogen and oxygen atoms in total. The van der Waals surface area contributed by atoms with E-state index in [9.17, 15) is 24.3 Å². The number of ether oxygens (including phenoxy) is 6. The molecule has 1 aromatic carbocycles. The number of benzene rings is 1. The minimum atomic E-state index is -1.25. The summed E-state index contributed by atoms with van der Waals surface area (Å²) in [5, 5.41) is 11.1. The predicted molar refractivity (Wildman–Crippen MR) is 174 cm³/mol. The number of aliphatic hydroxyl groups is 1. The van der Waals surface area contributed by atoms with Crippen molar-refractivity contribution in [3.05, 3.63) is 66.2 Å². The fraction of sp³-hybridized carbons (Fsp3) is 0.375. The number of aliphatic hydroxyl groups excluding tert-OH is 1. The van der Waals surface area contributed by atoms with Crippen molar-refractivity contribution in [3.63, 3.8) is 0 Å². The molecule has 1 aliphatic heterocycles. The van der Waals surface area contributed by atoms with Gasteiger partial charge in [-0.1, -0.05) is 11.8 Å². The maximum Gasteiger partial charge on any atom is 0.339 e. The van der Waals surface area contributed by atoms with Gasteiger partial charge in [-0.25, -0.2) is 24.5 Å². The first kappa shape index (κ1) is 36.0. The molecule has 18 heteroatoms. The predicted octanol–water partition coefficient (Wildman–Crippen LogP) is 2.13. The van der Waals surface area contributed by atoms with E-state index in [1.165, 1.54) is 43.2 Å². The van der Waals surface area contributed by atoms with E-state index >= 15 is 0 Å². The van der Waals surface area contributed by atoms with Gasteiger partial charge in [0.05, 0.1) is 23.8 Å². The lowest BCUT2D eigenvalue weighted by Gasteiger charge is -2.24. The summed E-state index contributed by atoms with van der Waals surface area (Å²) in [6.07, 6.45) is -1.74. The second kappa shape index (κ2) is 16.4. The number of pyridine rings is 1. The summed E-state index contributed by atoms with van der Waals surface area (Å²) in [6.45, 7) is 3.83. The second-order valence-electron chi connectivity index (χ2n) is 10.8. The molecular weight excluding hydrogens is 676 g/mol. The SMILES string of the molecule is CCOC(=O)c1ccc(OCC(O)CSc2nc3c(N)ncnc3n2[C@@H]2O[C@H](COC(=O)c3cccnc3)[C@@H](OC(C)=O)[C@H]2OC(C)=O)cc1. The first-order valence-electron chi connectivity index (χ1n) is 15.3. The highest BCUT2D eigenvalue weighted by Crippen LogP contribution is 2.39. The summed E-state index contributed by atoms with van der Waals surface area (Å²) in [6, 6.07) is 9.37. The van der Waals surface area contributed by atoms with Gasteiger partial charge < -0.3 is 39.3 Å². The van der Waals surface area contributed by atoms with Crippen LogP contribution in [-0.4, -0.2) is 103 Å². The number of nitrogen functional groups attached to an aromatic ring is 1. The van der Waals surface area contributed by atoms with Crippen molar-refractivity contribution >= 4 is 52.6 Å². The molecule has 4 aromatic rings. The molecular formula is C32H34N6O11S. The van der Waals surface area contributed by atoms with E-state index < -0.39 is 54.5 Å². The highest BCUT2D eigenvalue weighted by atomic mass is 32.2. The Kier molecular flexibility index (Phi) is 11.8. The standard InChI is InChI=1S/C32H34N6O11S/c1-4-44-30(42)19-7-9-22(10-8-19)45-13-21(41)15-50-32-37-24-27(33)35-16-36-28(24)38(32)29-26(48-18(3)40)25(47-17(2)39)23(49-29)14-46-31(43)20-6-5-11-34-12-20/h5-12,16,21,23,25-26,29,41H,4,13-15H2,1-3H3,(H2,33,35,36)/t21?,23-,25-,26-,29-/m1/s1. The van der Waals surface area contributed by atoms with Crippen molar-refractivity contribution in [3.8, 4) is 5.75 Å².